The smallest absolute Gasteiger partial charge is 0.248 e. The zero-order valence-corrected chi connectivity index (χ0v) is 23.0. The molecule has 2 aliphatic rings. The summed E-state index contributed by atoms with van der Waals surface area (Å²) in [6.45, 7) is 6.48. The van der Waals surface area contributed by atoms with Crippen molar-refractivity contribution in [1.29, 1.82) is 0 Å². The molecule has 10 nitrogen and oxygen atoms in total. The van der Waals surface area contributed by atoms with Crippen LogP contribution in [-0.2, 0) is 26.7 Å². The molecule has 0 radical (unpaired) electrons. The lowest BCUT2D eigenvalue weighted by molar-refractivity contribution is 0.204. The number of sulfonamides is 1. The molecule has 1 aliphatic heterocycles. The van der Waals surface area contributed by atoms with Crippen LogP contribution in [0.5, 0.6) is 0 Å². The van der Waals surface area contributed by atoms with Crippen LogP contribution in [0.3, 0.4) is 0 Å². The quantitative estimate of drug-likeness (QED) is 0.390. The van der Waals surface area contributed by atoms with Gasteiger partial charge in [0, 0.05) is 32.3 Å². The molecule has 38 heavy (non-hydrogen) atoms. The van der Waals surface area contributed by atoms with Crippen molar-refractivity contribution in [3.05, 3.63) is 53.9 Å². The van der Waals surface area contributed by atoms with Crippen molar-refractivity contribution in [3.63, 3.8) is 0 Å². The molecule has 2 aromatic heterocycles. The van der Waals surface area contributed by atoms with E-state index in [1.807, 2.05) is 43.3 Å². The van der Waals surface area contributed by atoms with Gasteiger partial charge in [0.05, 0.1) is 17.9 Å². The largest absolute Gasteiger partial charge is 0.419 e. The van der Waals surface area contributed by atoms with E-state index in [9.17, 15) is 8.42 Å². The van der Waals surface area contributed by atoms with Crippen molar-refractivity contribution in [2.45, 2.75) is 38.6 Å². The number of nitrogens with two attached hydrogens (primary N) is 1. The van der Waals surface area contributed by atoms with E-state index in [-0.39, 0.29) is 11.6 Å². The highest BCUT2D eigenvalue weighted by atomic mass is 32.2. The summed E-state index contributed by atoms with van der Waals surface area (Å²) in [6.07, 6.45) is 2.25. The number of hydrogen-bond acceptors (Lipinski definition) is 9. The fourth-order valence-corrected chi connectivity index (χ4v) is 6.42. The molecule has 1 aromatic carbocycles. The minimum Gasteiger partial charge on any atom is -0.419 e. The molecule has 11 heteroatoms. The Kier molecular flexibility index (Phi) is 7.43. The maximum absolute atomic E-state index is 12.8. The lowest BCUT2D eigenvalue weighted by Crippen LogP contribution is -2.35. The average molecular weight is 541 g/mol. The van der Waals surface area contributed by atoms with Crippen molar-refractivity contribution in [2.24, 2.45) is 17.6 Å². The van der Waals surface area contributed by atoms with Crippen molar-refractivity contribution in [1.82, 2.24) is 15.2 Å². The number of hydrogen-bond donors (Lipinski definition) is 1. The topological polar surface area (TPSA) is 128 Å². The third-order valence-corrected chi connectivity index (χ3v) is 9.19. The summed E-state index contributed by atoms with van der Waals surface area (Å²) in [4.78, 5) is 6.97. The highest BCUT2D eigenvalue weighted by molar-refractivity contribution is 7.93. The Labute approximate surface area is 224 Å². The molecule has 2 N–H and O–H groups in total. The highest BCUT2D eigenvalue weighted by Gasteiger charge is 2.36. The van der Waals surface area contributed by atoms with Crippen molar-refractivity contribution in [3.8, 4) is 11.5 Å². The number of ether oxygens (including phenoxy) is 1. The number of methoxy groups -OCH3 is 1. The Morgan fingerprint density at radius 1 is 1.24 bits per heavy atom. The molecule has 3 heterocycles. The molecule has 0 amide bonds. The number of anilines is 2. The van der Waals surface area contributed by atoms with Gasteiger partial charge in [0.25, 0.3) is 0 Å². The third kappa shape index (κ3) is 5.84. The first-order valence-corrected chi connectivity index (χ1v) is 14.7. The van der Waals surface area contributed by atoms with Gasteiger partial charge in [-0.15, -0.1) is 10.2 Å². The lowest BCUT2D eigenvalue weighted by atomic mass is 9.94. The van der Waals surface area contributed by atoms with Crippen LogP contribution < -0.4 is 14.9 Å². The minimum absolute atomic E-state index is 0.108. The van der Waals surface area contributed by atoms with Gasteiger partial charge in [-0.05, 0) is 55.7 Å². The van der Waals surface area contributed by atoms with Crippen molar-refractivity contribution >= 4 is 21.7 Å². The maximum atomic E-state index is 12.8. The molecule has 204 valence electrons. The molecule has 2 fully saturated rings. The monoisotopic (exact) mass is 540 g/mol. The van der Waals surface area contributed by atoms with Crippen molar-refractivity contribution < 1.29 is 17.6 Å². The SMILES string of the molecule is COCCN(CC1CC1C)c1cc(-c2nnc([C@](C)(N)Cc3ccccc3)o2)cc(N2CCCS2(=O)=O)n1. The Hall–Kier alpha value is -3.02. The number of benzene rings is 1. The average Bonchev–Trinajstić information content (AvgIpc) is 3.23. The van der Waals surface area contributed by atoms with Gasteiger partial charge in [-0.1, -0.05) is 37.3 Å². The van der Waals surface area contributed by atoms with E-state index in [0.717, 1.165) is 12.1 Å². The van der Waals surface area contributed by atoms with Crippen LogP contribution in [0.4, 0.5) is 11.6 Å². The molecular formula is C27H36N6O4S. The van der Waals surface area contributed by atoms with E-state index < -0.39 is 15.6 Å². The first-order valence-electron chi connectivity index (χ1n) is 13.1. The number of nitrogens with zero attached hydrogens (tertiary/aromatic N) is 5. The van der Waals surface area contributed by atoms with E-state index in [4.69, 9.17) is 19.9 Å². The Balaban J connectivity index is 1.51. The van der Waals surface area contributed by atoms with E-state index in [1.165, 1.54) is 10.7 Å². The predicted octanol–water partition coefficient (Wildman–Crippen LogP) is 3.20. The fraction of sp³-hybridized carbons (Fsp3) is 0.519. The van der Waals surface area contributed by atoms with E-state index in [1.54, 1.807) is 13.2 Å². The summed E-state index contributed by atoms with van der Waals surface area (Å²) < 4.78 is 38.4. The summed E-state index contributed by atoms with van der Waals surface area (Å²) in [5.41, 5.74) is 7.40. The molecule has 1 aliphatic carbocycles. The van der Waals surface area contributed by atoms with Gasteiger partial charge >= 0.3 is 0 Å². The lowest BCUT2D eigenvalue weighted by Gasteiger charge is -2.26. The Morgan fingerprint density at radius 2 is 2.00 bits per heavy atom. The molecule has 0 spiro atoms. The van der Waals surface area contributed by atoms with Crippen LogP contribution in [0.1, 0.15) is 38.1 Å². The van der Waals surface area contributed by atoms with Crippen LogP contribution in [0, 0.1) is 11.8 Å². The second kappa shape index (κ2) is 10.6. The summed E-state index contributed by atoms with van der Waals surface area (Å²) in [6, 6.07) is 13.5. The number of pyridine rings is 1. The second-order valence-corrected chi connectivity index (χ2v) is 12.7. The van der Waals surface area contributed by atoms with Gasteiger partial charge in [-0.2, -0.15) is 0 Å². The van der Waals surface area contributed by atoms with Crippen LogP contribution in [0.15, 0.2) is 46.9 Å². The van der Waals surface area contributed by atoms with Crippen LogP contribution in [0.25, 0.3) is 11.5 Å². The number of aromatic nitrogens is 3. The van der Waals surface area contributed by atoms with Crippen LogP contribution in [-0.4, -0.2) is 62.7 Å². The van der Waals surface area contributed by atoms with Gasteiger partial charge in [0.2, 0.25) is 21.8 Å². The first kappa shape index (κ1) is 26.6. The summed E-state index contributed by atoms with van der Waals surface area (Å²) in [5, 5.41) is 8.59. The molecule has 5 rings (SSSR count). The number of rotatable bonds is 11. The molecule has 3 atom stereocenters. The summed E-state index contributed by atoms with van der Waals surface area (Å²) >= 11 is 0. The van der Waals surface area contributed by atoms with E-state index in [0.29, 0.717) is 67.5 Å². The van der Waals surface area contributed by atoms with Gasteiger partial charge in [0.1, 0.15) is 11.6 Å². The van der Waals surface area contributed by atoms with Crippen molar-refractivity contribution in [2.75, 3.05) is 48.3 Å². The zero-order valence-electron chi connectivity index (χ0n) is 22.2. The molecule has 1 saturated heterocycles. The highest BCUT2D eigenvalue weighted by Crippen LogP contribution is 2.40. The normalized spacial score (nSPS) is 21.8. The van der Waals surface area contributed by atoms with Crippen LogP contribution >= 0.6 is 0 Å². The van der Waals surface area contributed by atoms with Gasteiger partial charge in [-0.3, -0.25) is 4.31 Å². The Morgan fingerprint density at radius 3 is 2.66 bits per heavy atom. The van der Waals surface area contributed by atoms with E-state index >= 15 is 0 Å². The second-order valence-electron chi connectivity index (χ2n) is 10.7. The van der Waals surface area contributed by atoms with Gasteiger partial charge in [-0.25, -0.2) is 13.4 Å². The standard InChI is InChI=1S/C27H36N6O4S/c1-19-14-22(19)18-32(11-12-36-3)23-15-21(16-24(29-23)33-10-7-13-38(33,34)35)25-30-31-26(37-25)27(2,28)17-20-8-5-4-6-9-20/h4-6,8-9,15-16,19,22H,7,10-14,17-18,28H2,1-3H3/t19?,22?,27-/m1/s1. The van der Waals surface area contributed by atoms with Gasteiger partial charge in [0.15, 0.2) is 0 Å². The minimum atomic E-state index is -3.43. The Bertz CT molecular complexity index is 1360. The maximum Gasteiger partial charge on any atom is 0.248 e. The summed E-state index contributed by atoms with van der Waals surface area (Å²) in [5.74, 6) is 2.95. The fourth-order valence-electron chi connectivity index (χ4n) is 4.92. The van der Waals surface area contributed by atoms with Crippen LogP contribution in [0.2, 0.25) is 0 Å². The predicted molar refractivity (Wildman–Crippen MR) is 146 cm³/mol. The zero-order chi connectivity index (χ0) is 26.9. The third-order valence-electron chi connectivity index (χ3n) is 7.35. The molecule has 0 bridgehead atoms. The molecule has 1 saturated carbocycles. The summed E-state index contributed by atoms with van der Waals surface area (Å²) in [7, 11) is -1.76. The molecular weight excluding hydrogens is 504 g/mol. The van der Waals surface area contributed by atoms with Gasteiger partial charge < -0.3 is 19.8 Å². The molecule has 2 unspecified atom stereocenters. The molecule has 3 aromatic rings. The van der Waals surface area contributed by atoms with E-state index in [2.05, 4.69) is 22.0 Å². The first-order chi connectivity index (χ1) is 18.2.